The van der Waals surface area contributed by atoms with E-state index in [1.807, 2.05) is 12.3 Å². The predicted octanol–water partition coefficient (Wildman–Crippen LogP) is 4.31. The van der Waals surface area contributed by atoms with Gasteiger partial charge in [0.25, 0.3) is 0 Å². The van der Waals surface area contributed by atoms with Crippen LogP contribution in [0.4, 0.5) is 0 Å². The fourth-order valence-electron chi connectivity index (χ4n) is 4.58. The fraction of sp³-hybridized carbons (Fsp3) is 0.440. The van der Waals surface area contributed by atoms with Crippen LogP contribution in [0, 0.1) is 0 Å². The van der Waals surface area contributed by atoms with Crippen LogP contribution in [0.1, 0.15) is 43.3 Å². The Labute approximate surface area is 229 Å². The topological polar surface area (TPSA) is 113 Å². The maximum atomic E-state index is 13.4. The number of benzene rings is 1. The Kier molecular flexibility index (Phi) is 9.20. The molecule has 0 saturated carbocycles. The van der Waals surface area contributed by atoms with E-state index in [0.29, 0.717) is 63.8 Å². The molecular formula is C25H28Cl2N4O5S. The van der Waals surface area contributed by atoms with Crippen LogP contribution in [-0.4, -0.2) is 71.2 Å². The molecule has 2 aliphatic rings. The van der Waals surface area contributed by atoms with E-state index in [4.69, 9.17) is 37.7 Å². The van der Waals surface area contributed by atoms with Crippen molar-refractivity contribution in [1.82, 2.24) is 15.2 Å². The lowest BCUT2D eigenvalue weighted by Gasteiger charge is -2.41. The Morgan fingerprint density at radius 1 is 1.35 bits per heavy atom. The largest absolute Gasteiger partial charge is 0.481 e. The van der Waals surface area contributed by atoms with Gasteiger partial charge in [-0.05, 0) is 32.4 Å². The zero-order chi connectivity index (χ0) is 26.5. The van der Waals surface area contributed by atoms with Crippen molar-refractivity contribution in [2.45, 2.75) is 44.9 Å². The van der Waals surface area contributed by atoms with Crippen LogP contribution < -0.4 is 5.32 Å². The summed E-state index contributed by atoms with van der Waals surface area (Å²) in [6.45, 7) is 5.27. The van der Waals surface area contributed by atoms with E-state index in [9.17, 15) is 14.7 Å². The molecular weight excluding hydrogens is 539 g/mol. The number of esters is 1. The molecule has 0 radical (unpaired) electrons. The zero-order valence-corrected chi connectivity index (χ0v) is 22.8. The highest BCUT2D eigenvalue weighted by atomic mass is 35.5. The number of carbonyl (C=O) groups excluding carboxylic acids is 1. The van der Waals surface area contributed by atoms with Crippen LogP contribution in [0.2, 0.25) is 10.0 Å². The summed E-state index contributed by atoms with van der Waals surface area (Å²) in [7, 11) is 0. The molecule has 0 unspecified atom stereocenters. The molecule has 1 fully saturated rings. The average molecular weight is 567 g/mol. The van der Waals surface area contributed by atoms with Gasteiger partial charge in [0.15, 0.2) is 10.8 Å². The summed E-state index contributed by atoms with van der Waals surface area (Å²) >= 11 is 14.2. The zero-order valence-electron chi connectivity index (χ0n) is 20.4. The molecule has 37 heavy (non-hydrogen) atoms. The standard InChI is InChI=1S/C25H28Cl2N4O5S/c1-3-35-25(34)21-18(13-31-9-10-36-14(2)19(31)6-7-20(32)33)29-23(24-28-8-11-37-24)30-22(21)16-5-4-15(26)12-17(16)27/h4-5,8,11-12,14,19,22H,3,6-7,9-10,13H2,1-2H3,(H,29,30)(H,32,33)/t14-,19-,22-/m0/s1. The van der Waals surface area contributed by atoms with Gasteiger partial charge in [-0.25, -0.2) is 9.78 Å². The number of nitrogens with one attached hydrogen (secondary N) is 1. The molecule has 0 spiro atoms. The first-order valence-corrected chi connectivity index (χ1v) is 13.6. The highest BCUT2D eigenvalue weighted by Crippen LogP contribution is 2.38. The Morgan fingerprint density at radius 3 is 2.84 bits per heavy atom. The molecule has 2 N–H and O–H groups in total. The number of hydrogen-bond acceptors (Lipinski definition) is 9. The molecule has 12 heteroatoms. The second-order valence-corrected chi connectivity index (χ2v) is 10.4. The highest BCUT2D eigenvalue weighted by Gasteiger charge is 2.37. The molecule has 0 amide bonds. The number of amidine groups is 1. The third kappa shape index (κ3) is 6.50. The lowest BCUT2D eigenvalue weighted by atomic mass is 9.94. The summed E-state index contributed by atoms with van der Waals surface area (Å²) in [4.78, 5) is 36.1. The third-order valence-electron chi connectivity index (χ3n) is 6.30. The first kappa shape index (κ1) is 27.5. The predicted molar refractivity (Wildman–Crippen MR) is 142 cm³/mol. The average Bonchev–Trinajstić information content (AvgIpc) is 3.38. The molecule has 4 rings (SSSR count). The van der Waals surface area contributed by atoms with Gasteiger partial charge >= 0.3 is 11.9 Å². The number of morpholine rings is 1. The Morgan fingerprint density at radius 2 is 2.16 bits per heavy atom. The first-order chi connectivity index (χ1) is 17.8. The number of carbonyl (C=O) groups is 2. The minimum atomic E-state index is -0.865. The van der Waals surface area contributed by atoms with E-state index >= 15 is 0 Å². The number of ether oxygens (including phenoxy) is 2. The van der Waals surface area contributed by atoms with E-state index < -0.39 is 18.0 Å². The van der Waals surface area contributed by atoms with Crippen LogP contribution in [0.25, 0.3) is 0 Å². The van der Waals surface area contributed by atoms with Gasteiger partial charge in [0.05, 0.1) is 24.9 Å². The first-order valence-electron chi connectivity index (χ1n) is 12.0. The number of nitrogens with zero attached hydrogens (tertiary/aromatic N) is 3. The number of aliphatic carboxylic acids is 1. The van der Waals surface area contributed by atoms with Gasteiger partial charge < -0.3 is 19.9 Å². The van der Waals surface area contributed by atoms with Crippen LogP contribution in [0.15, 0.2) is 46.0 Å². The van der Waals surface area contributed by atoms with Gasteiger partial charge in [-0.2, -0.15) is 0 Å². The second-order valence-electron chi connectivity index (χ2n) is 8.67. The summed E-state index contributed by atoms with van der Waals surface area (Å²) in [6, 6.07) is 4.18. The number of rotatable bonds is 9. The minimum absolute atomic E-state index is 0.0148. The Hall–Kier alpha value is -2.50. The van der Waals surface area contributed by atoms with Crippen molar-refractivity contribution in [3.8, 4) is 0 Å². The molecule has 9 nitrogen and oxygen atoms in total. The van der Waals surface area contributed by atoms with Crippen LogP contribution in [-0.2, 0) is 19.1 Å². The van der Waals surface area contributed by atoms with Crippen molar-refractivity contribution in [2.75, 3.05) is 26.3 Å². The summed E-state index contributed by atoms with van der Waals surface area (Å²) < 4.78 is 11.3. The van der Waals surface area contributed by atoms with Crippen LogP contribution >= 0.6 is 34.5 Å². The summed E-state index contributed by atoms with van der Waals surface area (Å²) in [5, 5.41) is 16.0. The quantitative estimate of drug-likeness (QED) is 0.431. The summed E-state index contributed by atoms with van der Waals surface area (Å²) in [5.41, 5.74) is 1.55. The molecule has 1 saturated heterocycles. The van der Waals surface area contributed by atoms with E-state index in [1.54, 1.807) is 31.3 Å². The summed E-state index contributed by atoms with van der Waals surface area (Å²) in [5.74, 6) is -0.862. The van der Waals surface area contributed by atoms with Crippen molar-refractivity contribution < 1.29 is 24.2 Å². The van der Waals surface area contributed by atoms with Crippen LogP contribution in [0.5, 0.6) is 0 Å². The third-order valence-corrected chi connectivity index (χ3v) is 7.64. The van der Waals surface area contributed by atoms with Gasteiger partial charge in [-0.1, -0.05) is 29.3 Å². The number of hydrogen-bond donors (Lipinski definition) is 2. The second kappa shape index (κ2) is 12.4. The molecule has 2 aromatic rings. The molecule has 2 aliphatic heterocycles. The van der Waals surface area contributed by atoms with Gasteiger partial charge in [0.2, 0.25) is 0 Å². The molecule has 1 aromatic heterocycles. The monoisotopic (exact) mass is 566 g/mol. The van der Waals surface area contributed by atoms with Gasteiger partial charge in [-0.15, -0.1) is 11.3 Å². The molecule has 198 valence electrons. The van der Waals surface area contributed by atoms with E-state index in [1.165, 1.54) is 11.3 Å². The SMILES string of the molecule is CCOC(=O)C1=C(CN2CCO[C@@H](C)[C@@H]2CCC(=O)O)NC(c2nccs2)=N[C@H]1c1ccc(Cl)cc1Cl. The van der Waals surface area contributed by atoms with Crippen molar-refractivity contribution >= 4 is 52.3 Å². The molecule has 0 aliphatic carbocycles. The van der Waals surface area contributed by atoms with Gasteiger partial charge in [0, 0.05) is 58.4 Å². The normalized spacial score (nSPS) is 22.4. The van der Waals surface area contributed by atoms with Gasteiger partial charge in [-0.3, -0.25) is 14.7 Å². The van der Waals surface area contributed by atoms with Crippen LogP contribution in [0.3, 0.4) is 0 Å². The number of thiazole rings is 1. The maximum Gasteiger partial charge on any atom is 0.338 e. The number of aromatic nitrogens is 1. The van der Waals surface area contributed by atoms with E-state index in [-0.39, 0.29) is 25.2 Å². The molecule has 3 atom stereocenters. The molecule has 3 heterocycles. The van der Waals surface area contributed by atoms with Crippen molar-refractivity contribution in [3.63, 3.8) is 0 Å². The van der Waals surface area contributed by atoms with E-state index in [2.05, 4.69) is 15.2 Å². The number of aliphatic imine (C=N–C) groups is 1. The maximum absolute atomic E-state index is 13.4. The summed E-state index contributed by atoms with van der Waals surface area (Å²) in [6.07, 6.45) is 1.95. The van der Waals surface area contributed by atoms with Crippen molar-refractivity contribution in [2.24, 2.45) is 4.99 Å². The van der Waals surface area contributed by atoms with E-state index in [0.717, 1.165) is 0 Å². The lowest BCUT2D eigenvalue weighted by Crippen LogP contribution is -2.52. The van der Waals surface area contributed by atoms with Gasteiger partial charge in [0.1, 0.15) is 6.04 Å². The lowest BCUT2D eigenvalue weighted by molar-refractivity contribution is -0.139. The van der Waals surface area contributed by atoms with Crippen molar-refractivity contribution in [3.05, 3.63) is 61.7 Å². The number of carboxylic acid groups (broad SMARTS) is 1. The Bertz CT molecular complexity index is 1200. The Balaban J connectivity index is 1.79. The smallest absolute Gasteiger partial charge is 0.338 e. The van der Waals surface area contributed by atoms with Crippen molar-refractivity contribution in [1.29, 1.82) is 0 Å². The minimum Gasteiger partial charge on any atom is -0.481 e. The number of carboxylic acids is 1. The fourth-order valence-corrected chi connectivity index (χ4v) is 5.68. The molecule has 0 bridgehead atoms. The molecule has 1 aromatic carbocycles. The highest BCUT2D eigenvalue weighted by molar-refractivity contribution is 7.11. The number of halogens is 2.